The molecule has 3 amide bonds. The molecular formula is C35H51N3O6S. The van der Waals surface area contributed by atoms with E-state index in [-0.39, 0.29) is 13.0 Å². The monoisotopic (exact) mass is 641 g/mol. The van der Waals surface area contributed by atoms with Crippen LogP contribution in [0.15, 0.2) is 60.7 Å². The summed E-state index contributed by atoms with van der Waals surface area (Å²) in [5.74, 6) is -0.877. The molecule has 2 aromatic rings. The Morgan fingerprint density at radius 1 is 0.822 bits per heavy atom. The summed E-state index contributed by atoms with van der Waals surface area (Å²) in [7, 11) is 0. The van der Waals surface area contributed by atoms with Gasteiger partial charge in [0.1, 0.15) is 29.3 Å². The van der Waals surface area contributed by atoms with Crippen molar-refractivity contribution in [3.8, 4) is 0 Å². The van der Waals surface area contributed by atoms with E-state index in [2.05, 4.69) is 10.6 Å². The van der Waals surface area contributed by atoms with E-state index in [0.29, 0.717) is 24.2 Å². The molecule has 0 bridgehead atoms. The molecule has 9 nitrogen and oxygen atoms in total. The van der Waals surface area contributed by atoms with Crippen LogP contribution in [0.5, 0.6) is 0 Å². The summed E-state index contributed by atoms with van der Waals surface area (Å²) < 4.78 is 11.2. The average Bonchev–Trinajstić information content (AvgIpc) is 2.95. The lowest BCUT2D eigenvalue weighted by molar-refractivity contribution is -0.159. The highest BCUT2D eigenvalue weighted by atomic mass is 32.2. The molecule has 0 spiro atoms. The molecular weight excluding hydrogens is 590 g/mol. The molecule has 0 fully saturated rings. The van der Waals surface area contributed by atoms with Gasteiger partial charge in [-0.3, -0.25) is 9.59 Å². The number of nitrogens with zero attached hydrogens (tertiary/aromatic N) is 1. The van der Waals surface area contributed by atoms with Gasteiger partial charge in [-0.25, -0.2) is 9.59 Å². The fourth-order valence-electron chi connectivity index (χ4n) is 4.61. The molecule has 2 rings (SSSR count). The van der Waals surface area contributed by atoms with Crippen molar-refractivity contribution < 1.29 is 28.7 Å². The Balaban J connectivity index is 2.54. The topological polar surface area (TPSA) is 114 Å². The first-order valence-electron chi connectivity index (χ1n) is 15.6. The molecule has 2 aromatic carbocycles. The van der Waals surface area contributed by atoms with Crippen LogP contribution in [0.2, 0.25) is 0 Å². The van der Waals surface area contributed by atoms with Crippen molar-refractivity contribution >= 4 is 35.6 Å². The van der Waals surface area contributed by atoms with Gasteiger partial charge in [0.05, 0.1) is 0 Å². The molecule has 0 aliphatic rings. The highest BCUT2D eigenvalue weighted by Crippen LogP contribution is 2.25. The van der Waals surface area contributed by atoms with E-state index in [1.807, 2.05) is 49.6 Å². The van der Waals surface area contributed by atoms with E-state index in [1.54, 1.807) is 77.6 Å². The molecule has 0 aromatic heterocycles. The van der Waals surface area contributed by atoms with Crippen LogP contribution in [0.3, 0.4) is 0 Å². The first kappa shape index (κ1) is 37.7. The lowest BCUT2D eigenvalue weighted by Crippen LogP contribution is -2.55. The minimum absolute atomic E-state index is 0.211. The first-order chi connectivity index (χ1) is 21.1. The van der Waals surface area contributed by atoms with Gasteiger partial charge in [-0.2, -0.15) is 11.8 Å². The summed E-state index contributed by atoms with van der Waals surface area (Å²) in [6.07, 6.45) is 3.18. The molecule has 45 heavy (non-hydrogen) atoms. The van der Waals surface area contributed by atoms with Crippen molar-refractivity contribution in [1.82, 2.24) is 15.5 Å². The third kappa shape index (κ3) is 13.6. The summed E-state index contributed by atoms with van der Waals surface area (Å²) in [6, 6.07) is 15.4. The SMILES string of the molecule is CCCCN(C(=O)C(CCSC)NC(=O)OC(C)(C)C)C(C(=O)NC(Cc1ccccc1)C(=O)OC(C)(C)C)c1ccccc1. The zero-order valence-corrected chi connectivity index (χ0v) is 28.9. The Hall–Kier alpha value is -3.53. The number of carbonyl (C=O) groups excluding carboxylic acids is 4. The zero-order chi connectivity index (χ0) is 33.6. The van der Waals surface area contributed by atoms with Crippen molar-refractivity contribution in [1.29, 1.82) is 0 Å². The Kier molecular flexibility index (Phi) is 14.9. The van der Waals surface area contributed by atoms with Crippen LogP contribution in [0.1, 0.15) is 84.9 Å². The van der Waals surface area contributed by atoms with Crippen molar-refractivity contribution in [3.05, 3.63) is 71.8 Å². The number of ether oxygens (including phenoxy) is 2. The third-order valence-electron chi connectivity index (χ3n) is 6.60. The minimum atomic E-state index is -1.07. The number of unbranched alkanes of at least 4 members (excludes halogenated alkanes) is 1. The predicted octanol–water partition coefficient (Wildman–Crippen LogP) is 6.07. The quantitative estimate of drug-likeness (QED) is 0.227. The second-order valence-electron chi connectivity index (χ2n) is 13.0. The number of esters is 1. The number of rotatable bonds is 15. The number of benzene rings is 2. The molecule has 248 valence electrons. The van der Waals surface area contributed by atoms with Gasteiger partial charge in [-0.15, -0.1) is 0 Å². The van der Waals surface area contributed by atoms with Gasteiger partial charge in [0, 0.05) is 13.0 Å². The summed E-state index contributed by atoms with van der Waals surface area (Å²) in [6.45, 7) is 12.9. The largest absolute Gasteiger partial charge is 0.458 e. The van der Waals surface area contributed by atoms with Crippen LogP contribution >= 0.6 is 11.8 Å². The number of hydrogen-bond donors (Lipinski definition) is 2. The van der Waals surface area contributed by atoms with Gasteiger partial charge >= 0.3 is 12.1 Å². The van der Waals surface area contributed by atoms with E-state index in [4.69, 9.17) is 9.47 Å². The van der Waals surface area contributed by atoms with E-state index in [1.165, 1.54) is 4.90 Å². The highest BCUT2D eigenvalue weighted by Gasteiger charge is 2.38. The van der Waals surface area contributed by atoms with Gasteiger partial charge in [0.2, 0.25) is 11.8 Å². The molecule has 0 saturated carbocycles. The molecule has 3 atom stereocenters. The van der Waals surface area contributed by atoms with Gasteiger partial charge in [0.15, 0.2) is 0 Å². The normalized spacial score (nSPS) is 13.6. The molecule has 0 radical (unpaired) electrons. The average molecular weight is 642 g/mol. The number of hydrogen-bond acceptors (Lipinski definition) is 7. The number of alkyl carbamates (subject to hydrolysis) is 1. The molecule has 0 saturated heterocycles. The van der Waals surface area contributed by atoms with E-state index in [9.17, 15) is 19.2 Å². The number of carbonyl (C=O) groups is 4. The second-order valence-corrected chi connectivity index (χ2v) is 13.9. The Labute approximate surface area is 273 Å². The smallest absolute Gasteiger partial charge is 0.408 e. The van der Waals surface area contributed by atoms with E-state index >= 15 is 0 Å². The van der Waals surface area contributed by atoms with Crippen LogP contribution in [0.4, 0.5) is 4.79 Å². The minimum Gasteiger partial charge on any atom is -0.458 e. The van der Waals surface area contributed by atoms with Crippen LogP contribution in [-0.2, 0) is 30.3 Å². The number of nitrogens with one attached hydrogen (secondary N) is 2. The maximum absolute atomic E-state index is 14.3. The van der Waals surface area contributed by atoms with Crippen molar-refractivity contribution in [3.63, 3.8) is 0 Å². The second kappa shape index (κ2) is 17.8. The first-order valence-corrected chi connectivity index (χ1v) is 17.0. The summed E-state index contributed by atoms with van der Waals surface area (Å²) in [5.41, 5.74) is -0.0807. The lowest BCUT2D eigenvalue weighted by Gasteiger charge is -2.35. The maximum atomic E-state index is 14.3. The van der Waals surface area contributed by atoms with Gasteiger partial charge in [-0.1, -0.05) is 74.0 Å². The van der Waals surface area contributed by atoms with E-state index in [0.717, 1.165) is 12.0 Å². The molecule has 2 N–H and O–H groups in total. The fourth-order valence-corrected chi connectivity index (χ4v) is 5.08. The van der Waals surface area contributed by atoms with Gasteiger partial charge in [-0.05, 0) is 77.5 Å². The van der Waals surface area contributed by atoms with Crippen LogP contribution in [-0.4, -0.2) is 70.6 Å². The Morgan fingerprint density at radius 3 is 1.93 bits per heavy atom. The molecule has 3 unspecified atom stereocenters. The van der Waals surface area contributed by atoms with Gasteiger partial charge in [0.25, 0.3) is 0 Å². The van der Waals surface area contributed by atoms with Crippen LogP contribution in [0.25, 0.3) is 0 Å². The summed E-state index contributed by atoms with van der Waals surface area (Å²) in [5, 5.41) is 5.68. The molecule has 0 heterocycles. The zero-order valence-electron chi connectivity index (χ0n) is 28.1. The van der Waals surface area contributed by atoms with Crippen LogP contribution in [0, 0.1) is 0 Å². The highest BCUT2D eigenvalue weighted by molar-refractivity contribution is 7.98. The fraction of sp³-hybridized carbons (Fsp3) is 0.543. The molecule has 0 aliphatic carbocycles. The Morgan fingerprint density at radius 2 is 1.40 bits per heavy atom. The molecule has 0 aliphatic heterocycles. The number of thioether (sulfide) groups is 1. The Bertz CT molecular complexity index is 1230. The van der Waals surface area contributed by atoms with Crippen molar-refractivity contribution in [2.45, 2.75) is 103 Å². The van der Waals surface area contributed by atoms with Crippen molar-refractivity contribution in [2.75, 3.05) is 18.6 Å². The lowest BCUT2D eigenvalue weighted by atomic mass is 10.00. The van der Waals surface area contributed by atoms with E-state index < -0.39 is 53.2 Å². The van der Waals surface area contributed by atoms with Gasteiger partial charge < -0.3 is 25.0 Å². The van der Waals surface area contributed by atoms with Crippen LogP contribution < -0.4 is 10.6 Å². The predicted molar refractivity (Wildman–Crippen MR) is 180 cm³/mol. The summed E-state index contributed by atoms with van der Waals surface area (Å²) in [4.78, 5) is 56.4. The standard InChI is InChI=1S/C35H51N3O6S/c1-9-10-22-38(31(40)27(21-23-45-8)37-33(42)44-35(5,6)7)29(26-19-15-12-16-20-26)30(39)36-28(32(41)43-34(2,3)4)24-25-17-13-11-14-18-25/h11-20,27-29H,9-10,21-24H2,1-8H3,(H,36,39)(H,37,42). The number of amides is 3. The molecule has 10 heteroatoms. The maximum Gasteiger partial charge on any atom is 0.408 e. The summed E-state index contributed by atoms with van der Waals surface area (Å²) >= 11 is 1.55. The third-order valence-corrected chi connectivity index (χ3v) is 7.25. The van der Waals surface area contributed by atoms with Crippen molar-refractivity contribution in [2.24, 2.45) is 0 Å².